The molecule has 2 aliphatic rings. The van der Waals surface area contributed by atoms with E-state index in [1.165, 1.54) is 22.6 Å². The van der Waals surface area contributed by atoms with Crippen molar-refractivity contribution in [2.75, 3.05) is 32.1 Å². The van der Waals surface area contributed by atoms with Crippen LogP contribution >= 0.6 is 11.6 Å². The molecule has 1 unspecified atom stereocenters. The van der Waals surface area contributed by atoms with Gasteiger partial charge in [0.15, 0.2) is 0 Å². The standard InChI is InChI=1S/C20H24ClFN4O3S/c21-16-3-6-19(24-11-16)29-18-7-9-26(10-8-18)30(27,28)13-20(12-23-14-25-20)15-1-4-17(22)5-2-15/h1-6,11,18,23,25H,7-10,12-14H2. The van der Waals surface area contributed by atoms with Crippen LogP contribution in [0, 0.1) is 5.82 Å². The molecule has 2 N–H and O–H groups in total. The summed E-state index contributed by atoms with van der Waals surface area (Å²) in [5.74, 6) is 0.0419. The average Bonchev–Trinajstić information content (AvgIpc) is 3.19. The summed E-state index contributed by atoms with van der Waals surface area (Å²) in [4.78, 5) is 4.13. The summed E-state index contributed by atoms with van der Waals surface area (Å²) in [7, 11) is -3.54. The van der Waals surface area contributed by atoms with Crippen molar-refractivity contribution >= 4 is 21.6 Å². The first kappa shape index (κ1) is 21.5. The highest BCUT2D eigenvalue weighted by molar-refractivity contribution is 7.89. The van der Waals surface area contributed by atoms with Crippen molar-refractivity contribution in [2.45, 2.75) is 24.5 Å². The molecule has 2 fully saturated rings. The molecule has 10 heteroatoms. The highest BCUT2D eigenvalue weighted by atomic mass is 35.5. The molecule has 7 nitrogen and oxygen atoms in total. The van der Waals surface area contributed by atoms with Crippen LogP contribution in [0.2, 0.25) is 5.02 Å². The Morgan fingerprint density at radius 1 is 1.20 bits per heavy atom. The summed E-state index contributed by atoms with van der Waals surface area (Å²) >= 11 is 5.84. The fourth-order valence-electron chi connectivity index (χ4n) is 3.96. The van der Waals surface area contributed by atoms with Crippen molar-refractivity contribution in [1.29, 1.82) is 0 Å². The highest BCUT2D eigenvalue weighted by Crippen LogP contribution is 2.28. The first-order chi connectivity index (χ1) is 14.4. The summed E-state index contributed by atoms with van der Waals surface area (Å²) < 4.78 is 47.1. The number of piperidine rings is 1. The van der Waals surface area contributed by atoms with E-state index < -0.39 is 15.6 Å². The Hall–Kier alpha value is -1.78. The number of nitrogens with zero attached hydrogens (tertiary/aromatic N) is 2. The summed E-state index contributed by atoms with van der Waals surface area (Å²) in [5.41, 5.74) is -0.0304. The van der Waals surface area contributed by atoms with Gasteiger partial charge in [-0.2, -0.15) is 0 Å². The number of aromatic nitrogens is 1. The molecular formula is C20H24ClFN4O3S. The van der Waals surface area contributed by atoms with Gasteiger partial charge in [0.2, 0.25) is 15.9 Å². The van der Waals surface area contributed by atoms with Crippen LogP contribution in [0.5, 0.6) is 5.88 Å². The number of benzene rings is 1. The lowest BCUT2D eigenvalue weighted by Crippen LogP contribution is -2.51. The van der Waals surface area contributed by atoms with Crippen molar-refractivity contribution in [3.05, 3.63) is 59.0 Å². The van der Waals surface area contributed by atoms with E-state index in [0.717, 1.165) is 5.56 Å². The zero-order valence-corrected chi connectivity index (χ0v) is 17.9. The number of sulfonamides is 1. The Labute approximate surface area is 180 Å². The molecule has 30 heavy (non-hydrogen) atoms. The van der Waals surface area contributed by atoms with E-state index in [4.69, 9.17) is 16.3 Å². The predicted octanol–water partition coefficient (Wildman–Crippen LogP) is 2.09. The second-order valence-corrected chi connectivity index (χ2v) is 10.1. The maximum Gasteiger partial charge on any atom is 0.216 e. The third-order valence-electron chi connectivity index (χ3n) is 5.59. The van der Waals surface area contributed by atoms with Gasteiger partial charge in [-0.3, -0.25) is 5.32 Å². The van der Waals surface area contributed by atoms with Gasteiger partial charge >= 0.3 is 0 Å². The van der Waals surface area contributed by atoms with Crippen molar-refractivity contribution in [3.63, 3.8) is 0 Å². The fraction of sp³-hybridized carbons (Fsp3) is 0.450. The molecule has 2 aromatic rings. The molecule has 0 radical (unpaired) electrons. The minimum absolute atomic E-state index is 0.0943. The molecule has 0 bridgehead atoms. The number of halogens is 2. The minimum atomic E-state index is -3.54. The number of pyridine rings is 1. The third kappa shape index (κ3) is 4.76. The molecule has 162 valence electrons. The van der Waals surface area contributed by atoms with Gasteiger partial charge in [0, 0.05) is 38.6 Å². The smallest absolute Gasteiger partial charge is 0.216 e. The molecule has 2 aliphatic heterocycles. The van der Waals surface area contributed by atoms with Crippen LogP contribution < -0.4 is 15.4 Å². The summed E-state index contributed by atoms with van der Waals surface area (Å²) in [6, 6.07) is 9.42. The first-order valence-corrected chi connectivity index (χ1v) is 11.8. The zero-order chi connectivity index (χ0) is 21.2. The van der Waals surface area contributed by atoms with Crippen molar-refractivity contribution in [2.24, 2.45) is 0 Å². The van der Waals surface area contributed by atoms with Crippen LogP contribution in [0.3, 0.4) is 0 Å². The first-order valence-electron chi connectivity index (χ1n) is 9.84. The van der Waals surface area contributed by atoms with E-state index in [9.17, 15) is 12.8 Å². The van der Waals surface area contributed by atoms with Gasteiger partial charge < -0.3 is 10.1 Å². The molecule has 0 aliphatic carbocycles. The lowest BCUT2D eigenvalue weighted by atomic mass is 9.93. The molecule has 1 aromatic carbocycles. The lowest BCUT2D eigenvalue weighted by molar-refractivity contribution is 0.129. The van der Waals surface area contributed by atoms with Gasteiger partial charge in [-0.1, -0.05) is 23.7 Å². The van der Waals surface area contributed by atoms with Gasteiger partial charge in [0.1, 0.15) is 11.9 Å². The van der Waals surface area contributed by atoms with E-state index in [0.29, 0.717) is 50.0 Å². The van der Waals surface area contributed by atoms with E-state index >= 15 is 0 Å². The van der Waals surface area contributed by atoms with Crippen LogP contribution in [0.25, 0.3) is 0 Å². The lowest BCUT2D eigenvalue weighted by Gasteiger charge is -2.35. The number of hydrogen-bond donors (Lipinski definition) is 2. The maximum absolute atomic E-state index is 13.4. The second kappa shape index (κ2) is 8.76. The SMILES string of the molecule is O=S(=O)(CC1(c2ccc(F)cc2)CNCN1)N1CCC(Oc2ccc(Cl)cn2)CC1. The number of nitrogens with one attached hydrogen (secondary N) is 2. The maximum atomic E-state index is 13.4. The fourth-order valence-corrected chi connectivity index (χ4v) is 6.02. The molecular weight excluding hydrogens is 431 g/mol. The Kier molecular flexibility index (Phi) is 6.26. The van der Waals surface area contributed by atoms with Gasteiger partial charge in [0.25, 0.3) is 0 Å². The van der Waals surface area contributed by atoms with Crippen LogP contribution in [0.1, 0.15) is 18.4 Å². The minimum Gasteiger partial charge on any atom is -0.474 e. The van der Waals surface area contributed by atoms with Crippen LogP contribution in [0.15, 0.2) is 42.6 Å². The van der Waals surface area contributed by atoms with Crippen molar-refractivity contribution in [1.82, 2.24) is 19.9 Å². The number of rotatable bonds is 6. The molecule has 0 saturated carbocycles. The molecule has 1 atom stereocenters. The van der Waals surface area contributed by atoms with Gasteiger partial charge in [-0.15, -0.1) is 0 Å². The van der Waals surface area contributed by atoms with E-state index in [-0.39, 0.29) is 17.7 Å². The number of ether oxygens (including phenoxy) is 1. The Morgan fingerprint density at radius 3 is 2.53 bits per heavy atom. The van der Waals surface area contributed by atoms with Crippen LogP contribution in [-0.4, -0.2) is 55.9 Å². The molecule has 3 heterocycles. The summed E-state index contributed by atoms with van der Waals surface area (Å²) in [5, 5.41) is 6.97. The van der Waals surface area contributed by atoms with Crippen LogP contribution in [0.4, 0.5) is 4.39 Å². The van der Waals surface area contributed by atoms with Crippen molar-refractivity contribution in [3.8, 4) is 5.88 Å². The second-order valence-electron chi connectivity index (χ2n) is 7.66. The monoisotopic (exact) mass is 454 g/mol. The predicted molar refractivity (Wildman–Crippen MR) is 112 cm³/mol. The van der Waals surface area contributed by atoms with E-state index in [1.54, 1.807) is 24.3 Å². The summed E-state index contributed by atoms with van der Waals surface area (Å²) in [6.45, 7) is 1.72. The molecule has 0 amide bonds. The topological polar surface area (TPSA) is 83.6 Å². The molecule has 1 aromatic heterocycles. The quantitative estimate of drug-likeness (QED) is 0.695. The van der Waals surface area contributed by atoms with E-state index in [2.05, 4.69) is 15.6 Å². The van der Waals surface area contributed by atoms with Crippen molar-refractivity contribution < 1.29 is 17.5 Å². The molecule has 0 spiro atoms. The van der Waals surface area contributed by atoms with Gasteiger partial charge in [-0.25, -0.2) is 22.1 Å². The highest BCUT2D eigenvalue weighted by Gasteiger charge is 2.42. The Morgan fingerprint density at radius 2 is 1.93 bits per heavy atom. The average molecular weight is 455 g/mol. The largest absolute Gasteiger partial charge is 0.474 e. The Balaban J connectivity index is 1.41. The normalized spacial score (nSPS) is 23.5. The number of hydrogen-bond acceptors (Lipinski definition) is 6. The summed E-state index contributed by atoms with van der Waals surface area (Å²) in [6.07, 6.45) is 2.59. The zero-order valence-electron chi connectivity index (χ0n) is 16.4. The van der Waals surface area contributed by atoms with Crippen LogP contribution in [-0.2, 0) is 15.6 Å². The molecule has 4 rings (SSSR count). The molecule has 2 saturated heterocycles. The third-order valence-corrected chi connectivity index (χ3v) is 7.82. The van der Waals surface area contributed by atoms with Gasteiger partial charge in [0.05, 0.1) is 16.3 Å². The van der Waals surface area contributed by atoms with Gasteiger partial charge in [-0.05, 0) is 36.6 Å². The Bertz CT molecular complexity index is 959. The van der Waals surface area contributed by atoms with E-state index in [1.807, 2.05) is 0 Å².